The first-order valence-electron chi connectivity index (χ1n) is 9.04. The minimum atomic E-state index is 0.0628. The van der Waals surface area contributed by atoms with Crippen molar-refractivity contribution in [3.63, 3.8) is 0 Å². The molecule has 3 aliphatic rings. The Morgan fingerprint density at radius 1 is 1.38 bits per heavy atom. The number of amides is 1. The standard InChI is InChI=1S/C18H26N2O3S/c1-12-16(13(2)23-19-12)17(21)20-10-18(11-20)7-15(9-24-18)22-8-14-5-3-4-6-14/h14-15H,3-11H2,1-2H3. The van der Waals surface area contributed by atoms with E-state index in [1.54, 1.807) is 6.92 Å². The van der Waals surface area contributed by atoms with Crippen LogP contribution in [0.25, 0.3) is 0 Å². The zero-order chi connectivity index (χ0) is 16.7. The Balaban J connectivity index is 1.28. The number of aromatic nitrogens is 1. The fourth-order valence-corrected chi connectivity index (χ4v) is 5.87. The maximum atomic E-state index is 12.6. The predicted molar refractivity (Wildman–Crippen MR) is 93.4 cm³/mol. The van der Waals surface area contributed by atoms with Crippen LogP contribution in [-0.4, -0.2) is 52.3 Å². The third-order valence-corrected chi connectivity index (χ3v) is 7.29. The maximum absolute atomic E-state index is 12.6. The molecule has 1 atom stereocenters. The second-order valence-corrected chi connectivity index (χ2v) is 9.15. The lowest BCUT2D eigenvalue weighted by atomic mass is 9.92. The van der Waals surface area contributed by atoms with Gasteiger partial charge in [0.05, 0.1) is 16.5 Å². The van der Waals surface area contributed by atoms with Crippen molar-refractivity contribution in [2.75, 3.05) is 25.4 Å². The highest BCUT2D eigenvalue weighted by atomic mass is 32.2. The van der Waals surface area contributed by atoms with Crippen molar-refractivity contribution in [1.29, 1.82) is 0 Å². The predicted octanol–water partition coefficient (Wildman–Crippen LogP) is 3.20. The van der Waals surface area contributed by atoms with Gasteiger partial charge in [0, 0.05) is 25.4 Å². The minimum absolute atomic E-state index is 0.0628. The smallest absolute Gasteiger partial charge is 0.259 e. The molecule has 5 nitrogen and oxygen atoms in total. The molecule has 3 heterocycles. The molecule has 1 aromatic heterocycles. The van der Waals surface area contributed by atoms with Crippen LogP contribution in [0.5, 0.6) is 0 Å². The molecule has 0 radical (unpaired) electrons. The first-order valence-corrected chi connectivity index (χ1v) is 10.0. The first-order chi connectivity index (χ1) is 11.6. The fraction of sp³-hybridized carbons (Fsp3) is 0.778. The van der Waals surface area contributed by atoms with Crippen molar-refractivity contribution in [2.45, 2.75) is 56.8 Å². The van der Waals surface area contributed by atoms with Gasteiger partial charge in [-0.1, -0.05) is 18.0 Å². The van der Waals surface area contributed by atoms with Gasteiger partial charge in [0.1, 0.15) is 11.3 Å². The lowest BCUT2D eigenvalue weighted by Crippen LogP contribution is -2.60. The van der Waals surface area contributed by atoms with Gasteiger partial charge >= 0.3 is 0 Å². The number of rotatable bonds is 4. The van der Waals surface area contributed by atoms with Crippen molar-refractivity contribution >= 4 is 17.7 Å². The van der Waals surface area contributed by atoms with Crippen molar-refractivity contribution in [3.05, 3.63) is 17.0 Å². The van der Waals surface area contributed by atoms with E-state index >= 15 is 0 Å². The van der Waals surface area contributed by atoms with E-state index < -0.39 is 0 Å². The van der Waals surface area contributed by atoms with E-state index in [2.05, 4.69) is 5.16 Å². The third-order valence-electron chi connectivity index (χ3n) is 5.71. The number of carbonyl (C=O) groups is 1. The van der Waals surface area contributed by atoms with Gasteiger partial charge in [0.2, 0.25) is 0 Å². The third kappa shape index (κ3) is 2.99. The molecule has 1 unspecified atom stereocenters. The van der Waals surface area contributed by atoms with Gasteiger partial charge < -0.3 is 14.2 Å². The summed E-state index contributed by atoms with van der Waals surface area (Å²) >= 11 is 1.99. The number of nitrogens with zero attached hydrogens (tertiary/aromatic N) is 2. The summed E-state index contributed by atoms with van der Waals surface area (Å²) in [5, 5.41) is 3.89. The monoisotopic (exact) mass is 350 g/mol. The summed E-state index contributed by atoms with van der Waals surface area (Å²) in [7, 11) is 0. The lowest BCUT2D eigenvalue weighted by Gasteiger charge is -2.47. The summed E-state index contributed by atoms with van der Waals surface area (Å²) in [5.41, 5.74) is 1.33. The zero-order valence-corrected chi connectivity index (χ0v) is 15.4. The summed E-state index contributed by atoms with van der Waals surface area (Å²) in [4.78, 5) is 14.6. The molecule has 0 N–H and O–H groups in total. The second kappa shape index (κ2) is 6.37. The van der Waals surface area contributed by atoms with E-state index in [1.807, 2.05) is 23.6 Å². The van der Waals surface area contributed by atoms with Crippen LogP contribution in [0.15, 0.2) is 4.52 Å². The number of aryl methyl sites for hydroxylation is 2. The van der Waals surface area contributed by atoms with E-state index in [4.69, 9.17) is 9.26 Å². The van der Waals surface area contributed by atoms with E-state index in [0.717, 1.165) is 37.8 Å². The van der Waals surface area contributed by atoms with Gasteiger partial charge in [-0.25, -0.2) is 0 Å². The number of likely N-dealkylation sites (tertiary alicyclic amines) is 1. The summed E-state index contributed by atoms with van der Waals surface area (Å²) in [6, 6.07) is 0. The van der Waals surface area contributed by atoms with Crippen molar-refractivity contribution in [2.24, 2.45) is 5.92 Å². The lowest BCUT2D eigenvalue weighted by molar-refractivity contribution is 0.0197. The van der Waals surface area contributed by atoms with Crippen molar-refractivity contribution < 1.29 is 14.1 Å². The Morgan fingerprint density at radius 2 is 2.12 bits per heavy atom. The fourth-order valence-electron chi connectivity index (χ4n) is 4.32. The quantitative estimate of drug-likeness (QED) is 0.835. The molecule has 132 valence electrons. The van der Waals surface area contributed by atoms with Crippen LogP contribution < -0.4 is 0 Å². The summed E-state index contributed by atoms with van der Waals surface area (Å²) in [5.74, 6) is 2.54. The Morgan fingerprint density at radius 3 is 2.79 bits per heavy atom. The number of hydrogen-bond donors (Lipinski definition) is 0. The van der Waals surface area contributed by atoms with Gasteiger partial charge in [-0.15, -0.1) is 11.8 Å². The summed E-state index contributed by atoms with van der Waals surface area (Å²) in [6.07, 6.45) is 6.87. The normalized spacial score (nSPS) is 26.2. The molecule has 1 saturated carbocycles. The molecule has 0 bridgehead atoms. The molecular formula is C18H26N2O3S. The maximum Gasteiger partial charge on any atom is 0.259 e. The van der Waals surface area contributed by atoms with Crippen LogP contribution in [0.1, 0.15) is 53.9 Å². The highest BCUT2D eigenvalue weighted by Gasteiger charge is 2.51. The van der Waals surface area contributed by atoms with Gasteiger partial charge in [0.25, 0.3) is 5.91 Å². The van der Waals surface area contributed by atoms with Gasteiger partial charge in [-0.05, 0) is 39.0 Å². The summed E-state index contributed by atoms with van der Waals surface area (Å²) in [6.45, 7) is 6.22. The molecule has 1 aromatic rings. The van der Waals surface area contributed by atoms with Crippen molar-refractivity contribution in [3.8, 4) is 0 Å². The van der Waals surface area contributed by atoms with Crippen LogP contribution in [0.4, 0.5) is 0 Å². The molecule has 2 aliphatic heterocycles. The van der Waals surface area contributed by atoms with Gasteiger partial charge in [-0.2, -0.15) is 0 Å². The average Bonchev–Trinajstić information content (AvgIpc) is 3.24. The van der Waals surface area contributed by atoms with E-state index in [0.29, 0.717) is 23.1 Å². The Labute approximate surface area is 147 Å². The molecule has 2 saturated heterocycles. The molecule has 3 fully saturated rings. The molecule has 0 aromatic carbocycles. The number of carbonyl (C=O) groups excluding carboxylic acids is 1. The topological polar surface area (TPSA) is 55.6 Å². The van der Waals surface area contributed by atoms with Crippen LogP contribution in [0.3, 0.4) is 0 Å². The highest BCUT2D eigenvalue weighted by molar-refractivity contribution is 8.01. The van der Waals surface area contributed by atoms with Crippen molar-refractivity contribution in [1.82, 2.24) is 10.1 Å². The average molecular weight is 350 g/mol. The summed E-state index contributed by atoms with van der Waals surface area (Å²) < 4.78 is 11.5. The molecule has 1 aliphatic carbocycles. The number of hydrogen-bond acceptors (Lipinski definition) is 5. The molecule has 1 spiro atoms. The Kier molecular flexibility index (Phi) is 4.37. The van der Waals surface area contributed by atoms with Crippen LogP contribution in [-0.2, 0) is 4.74 Å². The Bertz CT molecular complexity index is 598. The molecule has 1 amide bonds. The molecular weight excluding hydrogens is 324 g/mol. The minimum Gasteiger partial charge on any atom is -0.377 e. The second-order valence-electron chi connectivity index (χ2n) is 7.66. The van der Waals surface area contributed by atoms with Gasteiger partial charge in [0.15, 0.2) is 0 Å². The Hall–Kier alpha value is -1.01. The van der Waals surface area contributed by atoms with Gasteiger partial charge in [-0.3, -0.25) is 4.79 Å². The van der Waals surface area contributed by atoms with E-state index in [1.165, 1.54) is 25.7 Å². The van der Waals surface area contributed by atoms with Crippen LogP contribution in [0.2, 0.25) is 0 Å². The van der Waals surface area contributed by atoms with Crippen LogP contribution >= 0.6 is 11.8 Å². The number of ether oxygens (including phenoxy) is 1. The molecule has 6 heteroatoms. The highest BCUT2D eigenvalue weighted by Crippen LogP contribution is 2.46. The zero-order valence-electron chi connectivity index (χ0n) is 14.5. The van der Waals surface area contributed by atoms with E-state index in [9.17, 15) is 4.79 Å². The number of thioether (sulfide) groups is 1. The molecule has 24 heavy (non-hydrogen) atoms. The molecule has 4 rings (SSSR count). The largest absolute Gasteiger partial charge is 0.377 e. The van der Waals surface area contributed by atoms with Crippen LogP contribution in [0, 0.1) is 19.8 Å². The van der Waals surface area contributed by atoms with E-state index in [-0.39, 0.29) is 10.7 Å². The first kappa shape index (κ1) is 16.5. The SMILES string of the molecule is Cc1noc(C)c1C(=O)N1CC2(CC(OCC3CCCC3)CS2)C1.